The predicted octanol–water partition coefficient (Wildman–Crippen LogP) is 1.03. The lowest BCUT2D eigenvalue weighted by Gasteiger charge is -2.26. The van der Waals surface area contributed by atoms with Crippen LogP contribution in [0.4, 0.5) is 0 Å². The number of hydrogen-bond donors (Lipinski definition) is 1. The van der Waals surface area contributed by atoms with Crippen molar-refractivity contribution in [2.75, 3.05) is 31.9 Å². The summed E-state index contributed by atoms with van der Waals surface area (Å²) in [6, 6.07) is 0.543. The maximum absolute atomic E-state index is 11.9. The molecular weight excluding hydrogens is 248 g/mol. The molecule has 0 bridgehead atoms. The maximum atomic E-state index is 11.9. The van der Waals surface area contributed by atoms with E-state index in [0.29, 0.717) is 11.8 Å². The molecule has 0 aliphatic carbocycles. The van der Waals surface area contributed by atoms with E-state index < -0.39 is 9.84 Å². The zero-order chi connectivity index (χ0) is 13.0. The molecule has 2 aliphatic heterocycles. The second-order valence-electron chi connectivity index (χ2n) is 5.68. The van der Waals surface area contributed by atoms with E-state index in [4.69, 9.17) is 0 Å². The topological polar surface area (TPSA) is 49.4 Å². The summed E-state index contributed by atoms with van der Waals surface area (Å²) in [5.41, 5.74) is 0. The monoisotopic (exact) mass is 274 g/mol. The van der Waals surface area contributed by atoms with Gasteiger partial charge in [0.15, 0.2) is 9.84 Å². The fourth-order valence-electron chi connectivity index (χ4n) is 3.14. The molecule has 0 spiro atoms. The molecule has 18 heavy (non-hydrogen) atoms. The van der Waals surface area contributed by atoms with E-state index in [0.717, 1.165) is 45.4 Å². The lowest BCUT2D eigenvalue weighted by atomic mass is 10.1. The van der Waals surface area contributed by atoms with E-state index in [2.05, 4.69) is 17.1 Å². The zero-order valence-electron chi connectivity index (χ0n) is 11.4. The Balaban J connectivity index is 1.91. The molecule has 2 fully saturated rings. The molecule has 2 rings (SSSR count). The minimum absolute atomic E-state index is 0.0992. The van der Waals surface area contributed by atoms with Gasteiger partial charge in [-0.25, -0.2) is 8.42 Å². The summed E-state index contributed by atoms with van der Waals surface area (Å²) in [7, 11) is -2.79. The minimum Gasteiger partial charge on any atom is -0.313 e. The van der Waals surface area contributed by atoms with E-state index in [1.165, 1.54) is 12.8 Å². The Morgan fingerprint density at radius 2 is 2.17 bits per heavy atom. The number of nitrogens with zero attached hydrogens (tertiary/aromatic N) is 1. The number of hydrogen-bond acceptors (Lipinski definition) is 4. The van der Waals surface area contributed by atoms with Crippen LogP contribution in [0.5, 0.6) is 0 Å². The minimum atomic E-state index is -2.79. The first-order chi connectivity index (χ1) is 8.62. The molecule has 2 atom stereocenters. The Morgan fingerprint density at radius 3 is 2.83 bits per heavy atom. The highest BCUT2D eigenvalue weighted by molar-refractivity contribution is 7.92. The highest BCUT2D eigenvalue weighted by Gasteiger charge is 2.33. The molecule has 1 N–H and O–H groups in total. The summed E-state index contributed by atoms with van der Waals surface area (Å²) < 4.78 is 23.8. The summed E-state index contributed by atoms with van der Waals surface area (Å²) in [6.07, 6.45) is 5.23. The Labute approximate surface area is 111 Å². The van der Waals surface area contributed by atoms with E-state index >= 15 is 0 Å². The number of sulfone groups is 1. The Kier molecular flexibility index (Phi) is 5.04. The molecular formula is C13H26N2O2S. The van der Waals surface area contributed by atoms with E-state index in [1.807, 2.05) is 0 Å². The lowest BCUT2D eigenvalue weighted by Crippen LogP contribution is -2.41. The molecule has 0 amide bonds. The molecule has 106 valence electrons. The summed E-state index contributed by atoms with van der Waals surface area (Å²) in [5, 5.41) is 3.47. The summed E-state index contributed by atoms with van der Waals surface area (Å²) in [5.74, 6) is 0.405. The largest absolute Gasteiger partial charge is 0.313 e. The van der Waals surface area contributed by atoms with Crippen molar-refractivity contribution in [2.45, 2.75) is 50.3 Å². The normalized spacial score (nSPS) is 33.4. The van der Waals surface area contributed by atoms with Gasteiger partial charge in [0.2, 0.25) is 0 Å². The third-order valence-electron chi connectivity index (χ3n) is 4.12. The number of nitrogens with one attached hydrogen (secondary N) is 1. The Bertz CT molecular complexity index is 356. The third kappa shape index (κ3) is 3.68. The van der Waals surface area contributed by atoms with Crippen LogP contribution < -0.4 is 5.32 Å². The van der Waals surface area contributed by atoms with Gasteiger partial charge in [0.1, 0.15) is 0 Å². The Morgan fingerprint density at radius 1 is 1.33 bits per heavy atom. The van der Waals surface area contributed by atoms with Crippen molar-refractivity contribution in [1.29, 1.82) is 0 Å². The highest BCUT2D eigenvalue weighted by atomic mass is 32.2. The summed E-state index contributed by atoms with van der Waals surface area (Å²) in [6.45, 7) is 6.08. The molecule has 2 aliphatic rings. The van der Waals surface area contributed by atoms with Crippen molar-refractivity contribution in [3.63, 3.8) is 0 Å². The first-order valence-electron chi connectivity index (χ1n) is 7.29. The van der Waals surface area contributed by atoms with Gasteiger partial charge in [-0.1, -0.05) is 13.3 Å². The van der Waals surface area contributed by atoms with Crippen LogP contribution in [0.25, 0.3) is 0 Å². The number of rotatable bonds is 4. The van der Waals surface area contributed by atoms with Crippen molar-refractivity contribution >= 4 is 9.84 Å². The van der Waals surface area contributed by atoms with E-state index in [-0.39, 0.29) is 5.25 Å². The van der Waals surface area contributed by atoms with Crippen LogP contribution in [0.1, 0.15) is 39.0 Å². The molecule has 2 unspecified atom stereocenters. The molecule has 4 nitrogen and oxygen atoms in total. The highest BCUT2D eigenvalue weighted by Crippen LogP contribution is 2.21. The van der Waals surface area contributed by atoms with Gasteiger partial charge in [0.05, 0.1) is 11.0 Å². The van der Waals surface area contributed by atoms with Crippen LogP contribution in [0.2, 0.25) is 0 Å². The van der Waals surface area contributed by atoms with E-state index in [1.54, 1.807) is 0 Å². The molecule has 2 saturated heterocycles. The van der Waals surface area contributed by atoms with Gasteiger partial charge in [-0.05, 0) is 38.8 Å². The fourth-order valence-corrected chi connectivity index (χ4v) is 5.00. The van der Waals surface area contributed by atoms with Crippen molar-refractivity contribution in [1.82, 2.24) is 10.2 Å². The van der Waals surface area contributed by atoms with Crippen LogP contribution in [-0.2, 0) is 9.84 Å². The molecule has 0 aromatic carbocycles. The molecule has 0 saturated carbocycles. The Hall–Kier alpha value is -0.130. The zero-order valence-corrected chi connectivity index (χ0v) is 12.2. The smallest absolute Gasteiger partial charge is 0.154 e. The van der Waals surface area contributed by atoms with Gasteiger partial charge in [-0.2, -0.15) is 0 Å². The maximum Gasteiger partial charge on any atom is 0.154 e. The summed E-state index contributed by atoms with van der Waals surface area (Å²) >= 11 is 0. The van der Waals surface area contributed by atoms with Gasteiger partial charge in [-0.3, -0.25) is 0 Å². The first kappa shape index (κ1) is 14.3. The third-order valence-corrected chi connectivity index (χ3v) is 6.38. The molecule has 0 radical (unpaired) electrons. The summed E-state index contributed by atoms with van der Waals surface area (Å²) in [4.78, 5) is 2.37. The quantitative estimate of drug-likeness (QED) is 0.832. The predicted molar refractivity (Wildman–Crippen MR) is 74.6 cm³/mol. The molecule has 2 heterocycles. The van der Waals surface area contributed by atoms with Crippen LogP contribution in [0.3, 0.4) is 0 Å². The molecule has 0 aromatic rings. The van der Waals surface area contributed by atoms with Crippen molar-refractivity contribution in [2.24, 2.45) is 0 Å². The van der Waals surface area contributed by atoms with Gasteiger partial charge >= 0.3 is 0 Å². The van der Waals surface area contributed by atoms with Crippen LogP contribution in [0.15, 0.2) is 0 Å². The van der Waals surface area contributed by atoms with Gasteiger partial charge in [-0.15, -0.1) is 0 Å². The second-order valence-corrected chi connectivity index (χ2v) is 8.08. The van der Waals surface area contributed by atoms with Gasteiger partial charge < -0.3 is 10.2 Å². The van der Waals surface area contributed by atoms with Crippen molar-refractivity contribution in [3.05, 3.63) is 0 Å². The van der Waals surface area contributed by atoms with Crippen LogP contribution in [-0.4, -0.2) is 56.5 Å². The average molecular weight is 274 g/mol. The molecule has 0 aromatic heterocycles. The van der Waals surface area contributed by atoms with Crippen LogP contribution in [0, 0.1) is 0 Å². The van der Waals surface area contributed by atoms with Gasteiger partial charge in [0.25, 0.3) is 0 Å². The van der Waals surface area contributed by atoms with Crippen molar-refractivity contribution < 1.29 is 8.42 Å². The van der Waals surface area contributed by atoms with Crippen LogP contribution >= 0.6 is 0 Å². The standard InChI is InChI=1S/C13H26N2O2S/c1-2-5-12-10-15(8-4-7-14-12)11-13-6-3-9-18(13,16)17/h12-14H,2-11H2,1H3. The van der Waals surface area contributed by atoms with Crippen molar-refractivity contribution in [3.8, 4) is 0 Å². The average Bonchev–Trinajstić information content (AvgIpc) is 2.51. The SMILES string of the molecule is CCCC1CN(CC2CCCS2(=O)=O)CCCN1. The lowest BCUT2D eigenvalue weighted by molar-refractivity contribution is 0.260. The first-order valence-corrected chi connectivity index (χ1v) is 9.00. The second kappa shape index (κ2) is 6.35. The fraction of sp³-hybridized carbons (Fsp3) is 1.00. The van der Waals surface area contributed by atoms with E-state index in [9.17, 15) is 8.42 Å². The molecule has 5 heteroatoms. The van der Waals surface area contributed by atoms with Gasteiger partial charge in [0, 0.05) is 19.1 Å².